The van der Waals surface area contributed by atoms with Crippen LogP contribution in [0.15, 0.2) is 246 Å². The third-order valence-corrected chi connectivity index (χ3v) is 16.3. The molecular weight excluding hydrogens is 831 g/mol. The van der Waals surface area contributed by atoms with Crippen LogP contribution in [0.25, 0.3) is 43.8 Å². The van der Waals surface area contributed by atoms with Crippen LogP contribution in [0.4, 0.5) is 17.1 Å². The van der Waals surface area contributed by atoms with E-state index in [1.165, 1.54) is 87.0 Å². The van der Waals surface area contributed by atoms with Crippen molar-refractivity contribution in [3.05, 3.63) is 281 Å². The highest BCUT2D eigenvalue weighted by Gasteiger charge is 2.52. The highest BCUT2D eigenvalue weighted by atomic mass is 32.2. The molecule has 2 nitrogen and oxygen atoms in total. The average Bonchev–Trinajstić information content (AvgIpc) is 3.84. The maximum absolute atomic E-state index is 6.74. The van der Waals surface area contributed by atoms with Crippen molar-refractivity contribution in [2.24, 2.45) is 0 Å². The maximum atomic E-state index is 6.74. The molecule has 0 saturated heterocycles. The highest BCUT2D eigenvalue weighted by Crippen LogP contribution is 2.65. The Kier molecular flexibility index (Phi) is 7.60. The van der Waals surface area contributed by atoms with E-state index in [0.29, 0.717) is 0 Å². The first-order chi connectivity index (χ1) is 33.2. The highest BCUT2D eigenvalue weighted by molar-refractivity contribution is 7.99. The predicted octanol–water partition coefficient (Wildman–Crippen LogP) is 16.8. The lowest BCUT2D eigenvalue weighted by atomic mass is 9.66. The summed E-state index contributed by atoms with van der Waals surface area (Å²) in [6.45, 7) is 0. The van der Waals surface area contributed by atoms with Crippen molar-refractivity contribution < 1.29 is 4.74 Å². The minimum absolute atomic E-state index is 0.506. The Morgan fingerprint density at radius 1 is 0.299 bits per heavy atom. The van der Waals surface area contributed by atoms with Gasteiger partial charge in [-0.1, -0.05) is 188 Å². The van der Waals surface area contributed by atoms with Crippen molar-refractivity contribution in [3.63, 3.8) is 0 Å². The van der Waals surface area contributed by atoms with Crippen molar-refractivity contribution in [1.82, 2.24) is 0 Å². The van der Waals surface area contributed by atoms with E-state index in [0.717, 1.165) is 39.7 Å². The SMILES string of the molecule is c1ccc2c(c1)Oc1ccccc1C21c2ccccc2-c2ccc(N(c3ccc4c(c3)C3(c5ccccc5Sc5ccccc53)c3ccccc3-4)c3ccc4c(ccc5ccccc54)c3)cc21. The first kappa shape index (κ1) is 37.1. The molecule has 2 spiro atoms. The van der Waals surface area contributed by atoms with Gasteiger partial charge in [-0.15, -0.1) is 0 Å². The molecular formula is C64H39NOS. The van der Waals surface area contributed by atoms with E-state index in [-0.39, 0.29) is 0 Å². The smallest absolute Gasteiger partial charge is 0.132 e. The van der Waals surface area contributed by atoms with Gasteiger partial charge >= 0.3 is 0 Å². The Labute approximate surface area is 393 Å². The third-order valence-electron chi connectivity index (χ3n) is 15.2. The van der Waals surface area contributed by atoms with Crippen LogP contribution in [0.2, 0.25) is 0 Å². The summed E-state index contributed by atoms with van der Waals surface area (Å²) in [5.74, 6) is 1.78. The lowest BCUT2D eigenvalue weighted by molar-refractivity contribution is 0.436. The number of rotatable bonds is 3. The largest absolute Gasteiger partial charge is 0.457 e. The summed E-state index contributed by atoms with van der Waals surface area (Å²) in [5.41, 5.74) is 17.4. The van der Waals surface area contributed by atoms with Gasteiger partial charge in [0.05, 0.1) is 10.8 Å². The van der Waals surface area contributed by atoms with Crippen LogP contribution in [0.1, 0.15) is 44.5 Å². The third kappa shape index (κ3) is 4.86. The molecule has 4 aliphatic rings. The molecule has 0 unspecified atom stereocenters. The fraction of sp³-hybridized carbons (Fsp3) is 0.0312. The standard InChI is InChI=1S/C64H39NOS/c1-2-16-45-40(15-1)29-30-41-37-42(31-34-46(41)45)65(43-32-35-49-47-17-3-5-19-51(47)63(57(49)38-43)53-21-7-11-25-59(53)66-60-26-12-8-22-54(60)63)44-33-36-50-48-18-4-6-20-52(48)64(58(50)39-44)55-23-9-13-27-61(55)67-62-28-14-10-24-56(62)64/h1-39H. The first-order valence-electron chi connectivity index (χ1n) is 23.2. The lowest BCUT2D eigenvalue weighted by Gasteiger charge is -2.40. The van der Waals surface area contributed by atoms with Gasteiger partial charge in [-0.3, -0.25) is 0 Å². The molecule has 11 aromatic rings. The van der Waals surface area contributed by atoms with Gasteiger partial charge in [0.2, 0.25) is 0 Å². The molecule has 0 atom stereocenters. The average molecular weight is 870 g/mol. The molecule has 11 aromatic carbocycles. The van der Waals surface area contributed by atoms with Gasteiger partial charge in [-0.05, 0) is 138 Å². The van der Waals surface area contributed by atoms with Crippen LogP contribution < -0.4 is 9.64 Å². The van der Waals surface area contributed by atoms with Crippen LogP contribution in [-0.4, -0.2) is 0 Å². The number of hydrogen-bond acceptors (Lipinski definition) is 3. The summed E-state index contributed by atoms with van der Waals surface area (Å²) < 4.78 is 6.74. The Bertz CT molecular complexity index is 3630. The maximum Gasteiger partial charge on any atom is 0.132 e. The van der Waals surface area contributed by atoms with Crippen LogP contribution in [0, 0.1) is 0 Å². The molecule has 0 N–H and O–H groups in total. The molecule has 2 heterocycles. The van der Waals surface area contributed by atoms with E-state index < -0.39 is 10.8 Å². The Hall–Kier alpha value is -8.11. The molecule has 0 radical (unpaired) electrons. The van der Waals surface area contributed by atoms with E-state index in [1.807, 2.05) is 11.8 Å². The number of hydrogen-bond donors (Lipinski definition) is 0. The second kappa shape index (κ2) is 13.7. The second-order valence-corrected chi connectivity index (χ2v) is 19.4. The summed E-state index contributed by atoms with van der Waals surface area (Å²) >= 11 is 1.89. The number of benzene rings is 11. The van der Waals surface area contributed by atoms with E-state index in [9.17, 15) is 0 Å². The van der Waals surface area contributed by atoms with Crippen LogP contribution in [0.5, 0.6) is 11.5 Å². The van der Waals surface area contributed by atoms with Gasteiger partial charge in [0.15, 0.2) is 0 Å². The molecule has 67 heavy (non-hydrogen) atoms. The zero-order valence-corrected chi connectivity index (χ0v) is 37.1. The van der Waals surface area contributed by atoms with Gasteiger partial charge in [0.25, 0.3) is 0 Å². The van der Waals surface area contributed by atoms with Gasteiger partial charge < -0.3 is 9.64 Å². The summed E-state index contributed by atoms with van der Waals surface area (Å²) in [7, 11) is 0. The van der Waals surface area contributed by atoms with Gasteiger partial charge in [0.1, 0.15) is 11.5 Å². The quantitative estimate of drug-likeness (QED) is 0.164. The zero-order valence-electron chi connectivity index (χ0n) is 36.3. The molecule has 0 aromatic heterocycles. The minimum Gasteiger partial charge on any atom is -0.457 e. The number of nitrogens with zero attached hydrogens (tertiary/aromatic N) is 1. The van der Waals surface area contributed by atoms with Crippen molar-refractivity contribution in [1.29, 1.82) is 0 Å². The number of fused-ring (bicyclic) bond motifs is 21. The second-order valence-electron chi connectivity index (χ2n) is 18.3. The number of anilines is 3. The van der Waals surface area contributed by atoms with Crippen molar-refractivity contribution >= 4 is 50.4 Å². The molecule has 0 bridgehead atoms. The molecule has 2 aliphatic carbocycles. The van der Waals surface area contributed by atoms with E-state index >= 15 is 0 Å². The van der Waals surface area contributed by atoms with E-state index in [4.69, 9.17) is 4.74 Å². The van der Waals surface area contributed by atoms with Crippen LogP contribution in [-0.2, 0) is 10.8 Å². The predicted molar refractivity (Wildman–Crippen MR) is 275 cm³/mol. The number of ether oxygens (including phenoxy) is 1. The van der Waals surface area contributed by atoms with Gasteiger partial charge in [0, 0.05) is 38.0 Å². The molecule has 0 saturated carbocycles. The summed E-state index contributed by atoms with van der Waals surface area (Å²) in [6.07, 6.45) is 0. The van der Waals surface area contributed by atoms with Crippen molar-refractivity contribution in [2.75, 3.05) is 4.90 Å². The zero-order chi connectivity index (χ0) is 43.8. The van der Waals surface area contributed by atoms with E-state index in [2.05, 4.69) is 241 Å². The summed E-state index contributed by atoms with van der Waals surface area (Å²) in [6, 6.07) is 88.3. The van der Waals surface area contributed by atoms with Crippen LogP contribution in [0.3, 0.4) is 0 Å². The monoisotopic (exact) mass is 869 g/mol. The Balaban J connectivity index is 1.02. The molecule has 0 fully saturated rings. The number of para-hydroxylation sites is 2. The van der Waals surface area contributed by atoms with Gasteiger partial charge in [-0.2, -0.15) is 0 Å². The summed E-state index contributed by atoms with van der Waals surface area (Å²) in [4.78, 5) is 5.11. The molecule has 2 aliphatic heterocycles. The molecule has 0 amide bonds. The summed E-state index contributed by atoms with van der Waals surface area (Å²) in [5, 5.41) is 4.96. The Morgan fingerprint density at radius 3 is 1.33 bits per heavy atom. The Morgan fingerprint density at radius 2 is 0.716 bits per heavy atom. The minimum atomic E-state index is -0.599. The molecule has 15 rings (SSSR count). The first-order valence-corrected chi connectivity index (χ1v) is 24.0. The molecule has 312 valence electrons. The van der Waals surface area contributed by atoms with Crippen molar-refractivity contribution in [2.45, 2.75) is 20.6 Å². The van der Waals surface area contributed by atoms with Gasteiger partial charge in [-0.25, -0.2) is 0 Å². The van der Waals surface area contributed by atoms with E-state index in [1.54, 1.807) is 0 Å². The molecule has 3 heteroatoms. The topological polar surface area (TPSA) is 12.5 Å². The van der Waals surface area contributed by atoms with Crippen LogP contribution >= 0.6 is 11.8 Å². The lowest BCUT2D eigenvalue weighted by Crippen LogP contribution is -2.32. The normalized spacial score (nSPS) is 14.6. The fourth-order valence-corrected chi connectivity index (χ4v) is 13.7. The van der Waals surface area contributed by atoms with Crippen molar-refractivity contribution in [3.8, 4) is 33.8 Å². The fourth-order valence-electron chi connectivity index (χ4n) is 12.5.